The van der Waals surface area contributed by atoms with Crippen LogP contribution in [-0.2, 0) is 4.74 Å². The van der Waals surface area contributed by atoms with E-state index in [9.17, 15) is 14.9 Å². The largest absolute Gasteiger partial charge is 0.465 e. The van der Waals surface area contributed by atoms with Crippen molar-refractivity contribution in [3.05, 3.63) is 75.8 Å². The molecule has 0 fully saturated rings. The molecule has 3 rings (SSSR count). The highest BCUT2D eigenvalue weighted by Gasteiger charge is 2.19. The first-order chi connectivity index (χ1) is 13.9. The second-order valence-electron chi connectivity index (χ2n) is 6.05. The summed E-state index contributed by atoms with van der Waals surface area (Å²) in [5.74, 6) is -0.486. The highest BCUT2D eigenvalue weighted by atomic mass is 32.1. The van der Waals surface area contributed by atoms with E-state index in [1.165, 1.54) is 24.5 Å². The number of nitro groups is 1. The molecule has 0 aliphatic rings. The van der Waals surface area contributed by atoms with Crippen LogP contribution in [0.15, 0.2) is 54.6 Å². The molecule has 1 aromatic heterocycles. The first-order valence-electron chi connectivity index (χ1n) is 8.49. The molecule has 0 bridgehead atoms. The minimum Gasteiger partial charge on any atom is -0.465 e. The number of rotatable bonds is 5. The fourth-order valence-corrected chi connectivity index (χ4v) is 3.98. The van der Waals surface area contributed by atoms with E-state index in [4.69, 9.17) is 17.0 Å². The van der Waals surface area contributed by atoms with Gasteiger partial charge in [0.1, 0.15) is 5.00 Å². The SMILES string of the molecule is COC(=O)c1cc(-c2ccccc2)sc1NC(=S)Nc1ccc(C)c([N+](=O)[O-])c1. The summed E-state index contributed by atoms with van der Waals surface area (Å²) in [6, 6.07) is 16.1. The summed E-state index contributed by atoms with van der Waals surface area (Å²) >= 11 is 6.69. The van der Waals surface area contributed by atoms with Gasteiger partial charge < -0.3 is 15.4 Å². The fraction of sp³-hybridized carbons (Fsp3) is 0.100. The molecule has 148 valence electrons. The van der Waals surface area contributed by atoms with Gasteiger partial charge in [-0.05, 0) is 36.8 Å². The molecule has 7 nitrogen and oxygen atoms in total. The standard InChI is InChI=1S/C20H17N3O4S2/c1-12-8-9-14(10-16(12)23(25)26)21-20(28)22-18-15(19(24)27-2)11-17(29-18)13-6-4-3-5-7-13/h3-11H,1-2H3,(H2,21,22,28). The van der Waals surface area contributed by atoms with E-state index >= 15 is 0 Å². The van der Waals surface area contributed by atoms with Crippen molar-refractivity contribution in [3.63, 3.8) is 0 Å². The van der Waals surface area contributed by atoms with Crippen molar-refractivity contribution in [2.24, 2.45) is 0 Å². The number of nitro benzene ring substituents is 1. The Bertz CT molecular complexity index is 1080. The maximum atomic E-state index is 12.2. The maximum Gasteiger partial charge on any atom is 0.340 e. The number of methoxy groups -OCH3 is 1. The summed E-state index contributed by atoms with van der Waals surface area (Å²) in [5, 5.41) is 17.8. The summed E-state index contributed by atoms with van der Waals surface area (Å²) in [6.45, 7) is 1.66. The van der Waals surface area contributed by atoms with E-state index in [0.717, 1.165) is 10.4 Å². The third-order valence-corrected chi connectivity index (χ3v) is 5.39. The minimum absolute atomic E-state index is 0.00413. The smallest absolute Gasteiger partial charge is 0.340 e. The van der Waals surface area contributed by atoms with Gasteiger partial charge in [-0.1, -0.05) is 36.4 Å². The molecule has 2 N–H and O–H groups in total. The number of carbonyl (C=O) groups is 1. The topological polar surface area (TPSA) is 93.5 Å². The number of carbonyl (C=O) groups excluding carboxylic acids is 1. The van der Waals surface area contributed by atoms with Gasteiger partial charge in [0, 0.05) is 22.2 Å². The van der Waals surface area contributed by atoms with Crippen LogP contribution in [0.5, 0.6) is 0 Å². The van der Waals surface area contributed by atoms with Crippen LogP contribution >= 0.6 is 23.6 Å². The molecule has 29 heavy (non-hydrogen) atoms. The van der Waals surface area contributed by atoms with Crippen LogP contribution in [0.2, 0.25) is 0 Å². The molecule has 1 heterocycles. The number of hydrogen-bond acceptors (Lipinski definition) is 6. The van der Waals surface area contributed by atoms with Crippen LogP contribution in [0.4, 0.5) is 16.4 Å². The molecule has 0 amide bonds. The number of thiocarbonyl (C=S) groups is 1. The number of esters is 1. The van der Waals surface area contributed by atoms with Crippen LogP contribution in [0.25, 0.3) is 10.4 Å². The molecular weight excluding hydrogens is 410 g/mol. The Balaban J connectivity index is 1.84. The first-order valence-corrected chi connectivity index (χ1v) is 9.72. The predicted octanol–water partition coefficient (Wildman–Crippen LogP) is 5.23. The number of hydrogen-bond donors (Lipinski definition) is 2. The van der Waals surface area contributed by atoms with Gasteiger partial charge in [-0.15, -0.1) is 11.3 Å². The monoisotopic (exact) mass is 427 g/mol. The lowest BCUT2D eigenvalue weighted by molar-refractivity contribution is -0.385. The van der Waals surface area contributed by atoms with Gasteiger partial charge in [-0.2, -0.15) is 0 Å². The fourth-order valence-electron chi connectivity index (χ4n) is 2.64. The molecule has 3 aromatic rings. The summed E-state index contributed by atoms with van der Waals surface area (Å²) in [5.41, 5.74) is 2.34. The normalized spacial score (nSPS) is 10.3. The molecule has 0 spiro atoms. The number of anilines is 2. The quantitative estimate of drug-likeness (QED) is 0.249. The van der Waals surface area contributed by atoms with Crippen LogP contribution in [-0.4, -0.2) is 23.1 Å². The summed E-state index contributed by atoms with van der Waals surface area (Å²) in [7, 11) is 1.31. The zero-order valence-corrected chi connectivity index (χ0v) is 17.2. The molecule has 0 atom stereocenters. The van der Waals surface area contributed by atoms with Gasteiger partial charge in [0.15, 0.2) is 5.11 Å². The molecule has 0 saturated heterocycles. The third kappa shape index (κ3) is 4.76. The van der Waals surface area contributed by atoms with Gasteiger partial charge in [-0.3, -0.25) is 10.1 Å². The molecule has 0 saturated carbocycles. The van der Waals surface area contributed by atoms with Crippen molar-refractivity contribution in [1.82, 2.24) is 0 Å². The Morgan fingerprint density at radius 1 is 1.14 bits per heavy atom. The van der Waals surface area contributed by atoms with Crippen LogP contribution < -0.4 is 10.6 Å². The molecule has 0 aliphatic heterocycles. The number of aryl methyl sites for hydroxylation is 1. The highest BCUT2D eigenvalue weighted by Crippen LogP contribution is 2.36. The van der Waals surface area contributed by atoms with E-state index in [0.29, 0.717) is 21.8 Å². The predicted molar refractivity (Wildman–Crippen MR) is 119 cm³/mol. The van der Waals surface area contributed by atoms with Crippen molar-refractivity contribution in [2.75, 3.05) is 17.7 Å². The number of ether oxygens (including phenoxy) is 1. The van der Waals surface area contributed by atoms with Gasteiger partial charge >= 0.3 is 5.97 Å². The van der Waals surface area contributed by atoms with Crippen molar-refractivity contribution < 1.29 is 14.5 Å². The Labute approximate surface area is 176 Å². The number of benzene rings is 2. The summed E-state index contributed by atoms with van der Waals surface area (Å²) in [4.78, 5) is 23.7. The molecule has 0 unspecified atom stereocenters. The highest BCUT2D eigenvalue weighted by molar-refractivity contribution is 7.80. The second kappa shape index (κ2) is 8.80. The Hall–Kier alpha value is -3.30. The van der Waals surface area contributed by atoms with Crippen molar-refractivity contribution in [1.29, 1.82) is 0 Å². The van der Waals surface area contributed by atoms with Crippen molar-refractivity contribution in [2.45, 2.75) is 6.92 Å². The van der Waals surface area contributed by atoms with Gasteiger partial charge in [-0.25, -0.2) is 4.79 Å². The molecule has 9 heteroatoms. The van der Waals surface area contributed by atoms with E-state index in [1.807, 2.05) is 30.3 Å². The Kier molecular flexibility index (Phi) is 6.20. The lowest BCUT2D eigenvalue weighted by atomic mass is 10.1. The van der Waals surface area contributed by atoms with Crippen LogP contribution in [0.1, 0.15) is 15.9 Å². The third-order valence-electron chi connectivity index (χ3n) is 4.09. The average Bonchev–Trinajstić information content (AvgIpc) is 3.13. The molecule has 0 radical (unpaired) electrons. The average molecular weight is 428 g/mol. The van der Waals surface area contributed by atoms with Crippen molar-refractivity contribution >= 4 is 51.0 Å². The van der Waals surface area contributed by atoms with E-state index in [1.54, 1.807) is 25.1 Å². The Morgan fingerprint density at radius 2 is 1.86 bits per heavy atom. The maximum absolute atomic E-state index is 12.2. The van der Waals surface area contributed by atoms with E-state index in [2.05, 4.69) is 10.6 Å². The number of nitrogens with one attached hydrogen (secondary N) is 2. The van der Waals surface area contributed by atoms with Crippen LogP contribution in [0, 0.1) is 17.0 Å². The lowest BCUT2D eigenvalue weighted by Gasteiger charge is -2.10. The van der Waals surface area contributed by atoms with Gasteiger partial charge in [0.05, 0.1) is 17.6 Å². The second-order valence-corrected chi connectivity index (χ2v) is 7.51. The van der Waals surface area contributed by atoms with E-state index in [-0.39, 0.29) is 10.8 Å². The lowest BCUT2D eigenvalue weighted by Crippen LogP contribution is -2.20. The molecule has 0 aliphatic carbocycles. The number of nitrogens with zero attached hydrogens (tertiary/aromatic N) is 1. The first kappa shape index (κ1) is 20.4. The van der Waals surface area contributed by atoms with Gasteiger partial charge in [0.2, 0.25) is 0 Å². The van der Waals surface area contributed by atoms with E-state index < -0.39 is 10.9 Å². The Morgan fingerprint density at radius 3 is 2.52 bits per heavy atom. The van der Waals surface area contributed by atoms with Gasteiger partial charge in [0.25, 0.3) is 5.69 Å². The summed E-state index contributed by atoms with van der Waals surface area (Å²) < 4.78 is 4.87. The molecular formula is C20H17N3O4S2. The minimum atomic E-state index is -0.486. The zero-order chi connectivity index (χ0) is 21.0. The number of thiophene rings is 1. The molecule has 2 aromatic carbocycles. The summed E-state index contributed by atoms with van der Waals surface area (Å²) in [6.07, 6.45) is 0. The van der Waals surface area contributed by atoms with Crippen LogP contribution in [0.3, 0.4) is 0 Å². The zero-order valence-electron chi connectivity index (χ0n) is 15.6. The van der Waals surface area contributed by atoms with Crippen molar-refractivity contribution in [3.8, 4) is 10.4 Å².